The smallest absolute Gasteiger partial charge is 0.239 e. The van der Waals surface area contributed by atoms with Gasteiger partial charge in [-0.05, 0) is 40.6 Å². The van der Waals surface area contributed by atoms with E-state index < -0.39 is 0 Å². The third-order valence-electron chi connectivity index (χ3n) is 3.98. The standard InChI is InChI=1S/C13H22BrN5/c1-2-9-3-5-10(6-4-9)7-16-12-11(14)8-17-13(18-12)19-15/h8-10H,2-7,15H2,1H3,(H2,16,17,18,19). The van der Waals surface area contributed by atoms with Gasteiger partial charge in [-0.15, -0.1) is 0 Å². The number of halogens is 1. The molecule has 106 valence electrons. The number of rotatable bonds is 5. The van der Waals surface area contributed by atoms with E-state index in [2.05, 4.69) is 43.6 Å². The van der Waals surface area contributed by atoms with Gasteiger partial charge in [0.15, 0.2) is 0 Å². The van der Waals surface area contributed by atoms with E-state index in [0.717, 1.165) is 28.7 Å². The molecular weight excluding hydrogens is 306 g/mol. The van der Waals surface area contributed by atoms with Gasteiger partial charge >= 0.3 is 0 Å². The van der Waals surface area contributed by atoms with Crippen LogP contribution in [-0.2, 0) is 0 Å². The molecule has 1 aliphatic rings. The molecule has 0 bridgehead atoms. The van der Waals surface area contributed by atoms with Crippen molar-refractivity contribution in [3.63, 3.8) is 0 Å². The molecule has 0 amide bonds. The quantitative estimate of drug-likeness (QED) is 0.572. The van der Waals surface area contributed by atoms with Crippen molar-refractivity contribution in [3.05, 3.63) is 10.7 Å². The second-order valence-corrected chi connectivity index (χ2v) is 6.06. The summed E-state index contributed by atoms with van der Waals surface area (Å²) in [5.74, 6) is 8.25. The Morgan fingerprint density at radius 1 is 1.32 bits per heavy atom. The predicted octanol–water partition coefficient (Wildman–Crippen LogP) is 3.15. The number of nitrogens with two attached hydrogens (primary N) is 1. The molecule has 1 saturated carbocycles. The van der Waals surface area contributed by atoms with Crippen LogP contribution < -0.4 is 16.6 Å². The number of hydrogen-bond acceptors (Lipinski definition) is 5. The van der Waals surface area contributed by atoms with Crippen LogP contribution >= 0.6 is 15.9 Å². The highest BCUT2D eigenvalue weighted by molar-refractivity contribution is 9.10. The summed E-state index contributed by atoms with van der Waals surface area (Å²) in [6.45, 7) is 3.26. The van der Waals surface area contributed by atoms with Gasteiger partial charge in [0.1, 0.15) is 5.82 Å². The highest BCUT2D eigenvalue weighted by atomic mass is 79.9. The highest BCUT2D eigenvalue weighted by Crippen LogP contribution is 2.31. The molecule has 0 spiro atoms. The minimum Gasteiger partial charge on any atom is -0.369 e. The van der Waals surface area contributed by atoms with Crippen molar-refractivity contribution in [3.8, 4) is 0 Å². The lowest BCUT2D eigenvalue weighted by Crippen LogP contribution is -2.22. The number of anilines is 2. The first-order valence-corrected chi connectivity index (χ1v) is 7.75. The van der Waals surface area contributed by atoms with Crippen LogP contribution in [0, 0.1) is 11.8 Å². The lowest BCUT2D eigenvalue weighted by atomic mass is 9.81. The first-order valence-electron chi connectivity index (χ1n) is 6.96. The van der Waals surface area contributed by atoms with Gasteiger partial charge in [0, 0.05) is 12.7 Å². The molecule has 1 aliphatic carbocycles. The van der Waals surface area contributed by atoms with Gasteiger partial charge < -0.3 is 5.32 Å². The molecule has 6 heteroatoms. The molecule has 2 rings (SSSR count). The lowest BCUT2D eigenvalue weighted by molar-refractivity contribution is 0.278. The van der Waals surface area contributed by atoms with Crippen molar-refractivity contribution in [1.29, 1.82) is 0 Å². The van der Waals surface area contributed by atoms with Crippen molar-refractivity contribution in [2.75, 3.05) is 17.3 Å². The largest absolute Gasteiger partial charge is 0.369 e. The summed E-state index contributed by atoms with van der Waals surface area (Å²) in [6, 6.07) is 0. The average molecular weight is 328 g/mol. The fourth-order valence-electron chi connectivity index (χ4n) is 2.65. The van der Waals surface area contributed by atoms with Crippen molar-refractivity contribution in [2.24, 2.45) is 17.7 Å². The molecule has 19 heavy (non-hydrogen) atoms. The van der Waals surface area contributed by atoms with Crippen LogP contribution in [0.5, 0.6) is 0 Å². The molecular formula is C13H22BrN5. The number of hydrazine groups is 1. The summed E-state index contributed by atoms with van der Waals surface area (Å²) < 4.78 is 0.869. The van der Waals surface area contributed by atoms with Gasteiger partial charge in [0.2, 0.25) is 5.95 Å². The van der Waals surface area contributed by atoms with E-state index in [-0.39, 0.29) is 0 Å². The number of aromatic nitrogens is 2. The molecule has 1 fully saturated rings. The maximum atomic E-state index is 5.32. The maximum Gasteiger partial charge on any atom is 0.239 e. The topological polar surface area (TPSA) is 75.9 Å². The molecule has 0 aliphatic heterocycles. The molecule has 0 saturated heterocycles. The Hall–Kier alpha value is -0.880. The summed E-state index contributed by atoms with van der Waals surface area (Å²) >= 11 is 3.45. The van der Waals surface area contributed by atoms with Crippen LogP contribution in [0.3, 0.4) is 0 Å². The number of nitrogens with zero attached hydrogens (tertiary/aromatic N) is 2. The summed E-state index contributed by atoms with van der Waals surface area (Å²) in [4.78, 5) is 8.34. The van der Waals surface area contributed by atoms with E-state index in [0.29, 0.717) is 5.95 Å². The van der Waals surface area contributed by atoms with Crippen LogP contribution in [0.2, 0.25) is 0 Å². The molecule has 0 unspecified atom stereocenters. The van der Waals surface area contributed by atoms with Gasteiger partial charge in [-0.1, -0.05) is 26.2 Å². The Morgan fingerprint density at radius 3 is 2.63 bits per heavy atom. The second kappa shape index (κ2) is 7.05. The van der Waals surface area contributed by atoms with E-state index in [1.54, 1.807) is 6.20 Å². The second-order valence-electron chi connectivity index (χ2n) is 5.21. The molecule has 4 N–H and O–H groups in total. The number of nitrogen functional groups attached to an aromatic ring is 1. The van der Waals surface area contributed by atoms with Crippen LogP contribution in [0.1, 0.15) is 39.0 Å². The summed E-state index contributed by atoms with van der Waals surface area (Å²) in [5.41, 5.74) is 2.46. The molecule has 0 aromatic carbocycles. The Kier molecular flexibility index (Phi) is 5.39. The van der Waals surface area contributed by atoms with E-state index in [1.807, 2.05) is 0 Å². The average Bonchev–Trinajstić information content (AvgIpc) is 2.47. The Morgan fingerprint density at radius 2 is 2.00 bits per heavy atom. The minimum atomic E-state index is 0.431. The zero-order valence-corrected chi connectivity index (χ0v) is 12.9. The molecule has 1 aromatic heterocycles. The third-order valence-corrected chi connectivity index (χ3v) is 4.56. The fraction of sp³-hybridized carbons (Fsp3) is 0.692. The van der Waals surface area contributed by atoms with Gasteiger partial charge in [0.25, 0.3) is 0 Å². The van der Waals surface area contributed by atoms with Gasteiger partial charge in [-0.3, -0.25) is 5.43 Å². The Labute approximate surface area is 122 Å². The van der Waals surface area contributed by atoms with Crippen molar-refractivity contribution >= 4 is 27.7 Å². The Bertz CT molecular complexity index is 404. The zero-order valence-electron chi connectivity index (χ0n) is 11.3. The van der Waals surface area contributed by atoms with E-state index >= 15 is 0 Å². The normalized spacial score (nSPS) is 23.1. The molecule has 0 atom stereocenters. The van der Waals surface area contributed by atoms with Crippen molar-refractivity contribution in [2.45, 2.75) is 39.0 Å². The first kappa shape index (κ1) is 14.5. The van der Waals surface area contributed by atoms with Crippen molar-refractivity contribution in [1.82, 2.24) is 9.97 Å². The number of hydrogen-bond donors (Lipinski definition) is 3. The van der Waals surface area contributed by atoms with E-state index in [1.165, 1.54) is 32.1 Å². The molecule has 5 nitrogen and oxygen atoms in total. The van der Waals surface area contributed by atoms with Gasteiger partial charge in [-0.2, -0.15) is 4.98 Å². The van der Waals surface area contributed by atoms with E-state index in [4.69, 9.17) is 5.84 Å². The van der Waals surface area contributed by atoms with E-state index in [9.17, 15) is 0 Å². The highest BCUT2D eigenvalue weighted by Gasteiger charge is 2.20. The molecule has 0 radical (unpaired) electrons. The van der Waals surface area contributed by atoms with Crippen LogP contribution in [0.4, 0.5) is 11.8 Å². The number of nitrogens with one attached hydrogen (secondary N) is 2. The maximum absolute atomic E-state index is 5.32. The predicted molar refractivity (Wildman–Crippen MR) is 81.8 cm³/mol. The van der Waals surface area contributed by atoms with Crippen LogP contribution in [0.25, 0.3) is 0 Å². The first-order chi connectivity index (χ1) is 9.22. The minimum absolute atomic E-state index is 0.431. The Balaban J connectivity index is 1.85. The SMILES string of the molecule is CCC1CCC(CNc2nc(NN)ncc2Br)CC1. The summed E-state index contributed by atoms with van der Waals surface area (Å²) in [5, 5.41) is 3.40. The lowest BCUT2D eigenvalue weighted by Gasteiger charge is -2.28. The fourth-order valence-corrected chi connectivity index (χ4v) is 2.98. The van der Waals surface area contributed by atoms with Gasteiger partial charge in [-0.25, -0.2) is 10.8 Å². The summed E-state index contributed by atoms with van der Waals surface area (Å²) in [6.07, 6.45) is 8.39. The van der Waals surface area contributed by atoms with Gasteiger partial charge in [0.05, 0.1) is 4.47 Å². The van der Waals surface area contributed by atoms with Crippen molar-refractivity contribution < 1.29 is 0 Å². The molecule has 1 heterocycles. The molecule has 1 aromatic rings. The monoisotopic (exact) mass is 327 g/mol. The third kappa shape index (κ3) is 4.04. The van der Waals surface area contributed by atoms with Crippen LogP contribution in [-0.4, -0.2) is 16.5 Å². The summed E-state index contributed by atoms with van der Waals surface area (Å²) in [7, 11) is 0. The van der Waals surface area contributed by atoms with Crippen LogP contribution in [0.15, 0.2) is 10.7 Å². The zero-order chi connectivity index (χ0) is 13.7.